The maximum atomic E-state index is 2.96. The average Bonchev–Trinajstić information content (AvgIpc) is 1.69. The van der Waals surface area contributed by atoms with Crippen LogP contribution in [0.15, 0.2) is 0 Å². The van der Waals surface area contributed by atoms with E-state index < -0.39 is 0 Å². The summed E-state index contributed by atoms with van der Waals surface area (Å²) in [5.41, 5.74) is 5.93. The minimum absolute atomic E-state index is 0.311. The molecule has 0 radical (unpaired) electrons. The zero-order chi connectivity index (χ0) is 5.54. The molecule has 0 spiro atoms. The SMILES string of the molecule is CC#C[SiH2]C#CC. The molecule has 1 heteroatoms. The lowest BCUT2D eigenvalue weighted by molar-refractivity contribution is 1.93. The first kappa shape index (κ1) is 6.34. The summed E-state index contributed by atoms with van der Waals surface area (Å²) in [4.78, 5) is 0. The molecule has 0 saturated heterocycles. The van der Waals surface area contributed by atoms with Crippen LogP contribution < -0.4 is 0 Å². The van der Waals surface area contributed by atoms with Crippen molar-refractivity contribution in [1.82, 2.24) is 0 Å². The highest BCUT2D eigenvalue weighted by atomic mass is 28.2. The van der Waals surface area contributed by atoms with Crippen molar-refractivity contribution in [3.63, 3.8) is 0 Å². The Balaban J connectivity index is 3.21. The van der Waals surface area contributed by atoms with Crippen LogP contribution in [0.2, 0.25) is 0 Å². The Labute approximate surface area is 47.1 Å². The molecule has 0 aromatic rings. The number of hydrogen-bond donors (Lipinski definition) is 0. The van der Waals surface area contributed by atoms with Crippen LogP contribution in [0.25, 0.3) is 0 Å². The van der Waals surface area contributed by atoms with E-state index in [0.29, 0.717) is 0 Å². The van der Waals surface area contributed by atoms with Crippen LogP contribution in [0.3, 0.4) is 0 Å². The van der Waals surface area contributed by atoms with Gasteiger partial charge in [-0.25, -0.2) is 0 Å². The number of hydrogen-bond acceptors (Lipinski definition) is 0. The number of rotatable bonds is 0. The summed E-state index contributed by atoms with van der Waals surface area (Å²) in [5.74, 6) is 5.62. The lowest BCUT2D eigenvalue weighted by Crippen LogP contribution is -1.74. The minimum atomic E-state index is -0.311. The smallest absolute Gasteiger partial charge is 0.124 e. The van der Waals surface area contributed by atoms with E-state index >= 15 is 0 Å². The van der Waals surface area contributed by atoms with Crippen molar-refractivity contribution in [3.8, 4) is 22.9 Å². The van der Waals surface area contributed by atoms with E-state index in [1.807, 2.05) is 13.8 Å². The molecule has 0 aromatic heterocycles. The zero-order valence-electron chi connectivity index (χ0n) is 4.71. The lowest BCUT2D eigenvalue weighted by Gasteiger charge is -1.61. The Bertz CT molecular complexity index is 119. The summed E-state index contributed by atoms with van der Waals surface area (Å²) < 4.78 is 0. The fourth-order valence-corrected chi connectivity index (χ4v) is 0.663. The molecule has 0 aromatic carbocycles. The Morgan fingerprint density at radius 2 is 1.43 bits per heavy atom. The highest BCUT2D eigenvalue weighted by molar-refractivity contribution is 6.55. The van der Waals surface area contributed by atoms with Gasteiger partial charge in [-0.2, -0.15) is 0 Å². The summed E-state index contributed by atoms with van der Waals surface area (Å²) in [6.07, 6.45) is 0. The molecule has 0 aliphatic rings. The van der Waals surface area contributed by atoms with Crippen molar-refractivity contribution >= 4 is 9.52 Å². The lowest BCUT2D eigenvalue weighted by atomic mass is 10.8. The third-order valence-corrected chi connectivity index (χ3v) is 1.59. The largest absolute Gasteiger partial charge is 0.187 e. The maximum absolute atomic E-state index is 2.96. The first-order valence-electron chi connectivity index (χ1n) is 2.21. The molecular weight excluding hydrogens is 100 g/mol. The van der Waals surface area contributed by atoms with Gasteiger partial charge in [0, 0.05) is 0 Å². The second kappa shape index (κ2) is 5.34. The quantitative estimate of drug-likeness (QED) is 0.305. The zero-order valence-corrected chi connectivity index (χ0v) is 6.12. The molecule has 0 amide bonds. The molecule has 7 heavy (non-hydrogen) atoms. The van der Waals surface area contributed by atoms with Crippen LogP contribution in [0.1, 0.15) is 13.8 Å². The molecule has 0 nitrogen and oxygen atoms in total. The van der Waals surface area contributed by atoms with Gasteiger partial charge in [0.1, 0.15) is 0 Å². The van der Waals surface area contributed by atoms with Gasteiger partial charge in [0.2, 0.25) is 0 Å². The van der Waals surface area contributed by atoms with E-state index in [-0.39, 0.29) is 9.52 Å². The van der Waals surface area contributed by atoms with Crippen molar-refractivity contribution in [2.24, 2.45) is 0 Å². The molecule has 0 saturated carbocycles. The first-order chi connectivity index (χ1) is 3.41. The van der Waals surface area contributed by atoms with E-state index in [4.69, 9.17) is 0 Å². The Kier molecular flexibility index (Phi) is 4.83. The molecular formula is C6H8Si. The predicted molar refractivity (Wildman–Crippen MR) is 35.4 cm³/mol. The van der Waals surface area contributed by atoms with Gasteiger partial charge >= 0.3 is 0 Å². The maximum Gasteiger partial charge on any atom is 0.187 e. The molecule has 36 valence electrons. The summed E-state index contributed by atoms with van der Waals surface area (Å²) in [5, 5.41) is 0. The van der Waals surface area contributed by atoms with E-state index in [1.54, 1.807) is 0 Å². The van der Waals surface area contributed by atoms with Crippen LogP contribution in [0.4, 0.5) is 0 Å². The highest BCUT2D eigenvalue weighted by Gasteiger charge is 1.60. The second-order valence-corrected chi connectivity index (χ2v) is 2.09. The van der Waals surface area contributed by atoms with Gasteiger partial charge in [-0.15, -0.1) is 22.9 Å². The van der Waals surface area contributed by atoms with Gasteiger partial charge in [0.05, 0.1) is 0 Å². The third-order valence-electron chi connectivity index (χ3n) is 0.530. The van der Waals surface area contributed by atoms with Gasteiger partial charge in [-0.05, 0) is 13.8 Å². The van der Waals surface area contributed by atoms with Crippen molar-refractivity contribution in [1.29, 1.82) is 0 Å². The summed E-state index contributed by atoms with van der Waals surface area (Å²) in [6.45, 7) is 3.70. The molecule has 0 atom stereocenters. The Hall–Kier alpha value is -0.663. The summed E-state index contributed by atoms with van der Waals surface area (Å²) in [6, 6.07) is 0. The van der Waals surface area contributed by atoms with Crippen LogP contribution in [0.5, 0.6) is 0 Å². The van der Waals surface area contributed by atoms with Crippen molar-refractivity contribution in [3.05, 3.63) is 0 Å². The monoisotopic (exact) mass is 108 g/mol. The molecule has 0 heterocycles. The van der Waals surface area contributed by atoms with E-state index in [2.05, 4.69) is 22.9 Å². The minimum Gasteiger partial charge on any atom is -0.124 e. The Morgan fingerprint density at radius 3 is 1.71 bits per heavy atom. The molecule has 0 aliphatic heterocycles. The van der Waals surface area contributed by atoms with Gasteiger partial charge in [0.15, 0.2) is 9.52 Å². The molecule has 0 rings (SSSR count). The van der Waals surface area contributed by atoms with Gasteiger partial charge in [-0.1, -0.05) is 0 Å². The first-order valence-corrected chi connectivity index (χ1v) is 3.62. The van der Waals surface area contributed by atoms with Crippen molar-refractivity contribution < 1.29 is 0 Å². The Morgan fingerprint density at radius 1 is 1.00 bits per heavy atom. The van der Waals surface area contributed by atoms with Gasteiger partial charge in [0.25, 0.3) is 0 Å². The normalized spacial score (nSPS) is 4.86. The fraction of sp³-hybridized carbons (Fsp3) is 0.333. The van der Waals surface area contributed by atoms with Gasteiger partial charge in [-0.3, -0.25) is 0 Å². The van der Waals surface area contributed by atoms with E-state index in [9.17, 15) is 0 Å². The van der Waals surface area contributed by atoms with Crippen LogP contribution in [0, 0.1) is 22.9 Å². The van der Waals surface area contributed by atoms with Crippen LogP contribution in [-0.2, 0) is 0 Å². The highest BCUT2D eigenvalue weighted by Crippen LogP contribution is 1.51. The molecule has 0 aliphatic carbocycles. The van der Waals surface area contributed by atoms with Crippen molar-refractivity contribution in [2.75, 3.05) is 0 Å². The van der Waals surface area contributed by atoms with Gasteiger partial charge < -0.3 is 0 Å². The molecule has 0 unspecified atom stereocenters. The average molecular weight is 108 g/mol. The van der Waals surface area contributed by atoms with E-state index in [1.165, 1.54) is 0 Å². The fourth-order valence-electron chi connectivity index (χ4n) is 0.221. The molecule has 0 N–H and O–H groups in total. The molecule has 0 bridgehead atoms. The standard InChI is InChI=1S/C6H8Si/c1-3-5-7-6-4-2/h7H2,1-2H3. The molecule has 0 fully saturated rings. The van der Waals surface area contributed by atoms with Crippen molar-refractivity contribution in [2.45, 2.75) is 13.8 Å². The van der Waals surface area contributed by atoms with Crippen LogP contribution in [-0.4, -0.2) is 9.52 Å². The van der Waals surface area contributed by atoms with Crippen LogP contribution >= 0.6 is 0 Å². The van der Waals surface area contributed by atoms with E-state index in [0.717, 1.165) is 0 Å². The third kappa shape index (κ3) is 5.34. The predicted octanol–water partition coefficient (Wildman–Crippen LogP) is 0.117. The second-order valence-electron chi connectivity index (χ2n) is 1.03. The topological polar surface area (TPSA) is 0 Å². The summed E-state index contributed by atoms with van der Waals surface area (Å²) in [7, 11) is -0.311. The summed E-state index contributed by atoms with van der Waals surface area (Å²) >= 11 is 0.